The molecule has 1 N–H and O–H groups in total. The molecule has 0 spiro atoms. The highest BCUT2D eigenvalue weighted by molar-refractivity contribution is 5.37. The molecule has 0 saturated heterocycles. The Kier molecular flexibility index (Phi) is 3.15. The van der Waals surface area contributed by atoms with Crippen LogP contribution in [0.15, 0.2) is 48.7 Å². The fourth-order valence-electron chi connectivity index (χ4n) is 1.53. The molecule has 1 aromatic carbocycles. The molecule has 0 bridgehead atoms. The van der Waals surface area contributed by atoms with Gasteiger partial charge in [-0.1, -0.05) is 18.2 Å². The van der Waals surface area contributed by atoms with Crippen molar-refractivity contribution in [1.29, 1.82) is 0 Å². The molecular weight excluding hydrogens is 203 g/mol. The van der Waals surface area contributed by atoms with Gasteiger partial charge in [0.25, 0.3) is 0 Å². The lowest BCUT2D eigenvalue weighted by molar-refractivity contribution is 0.623. The monoisotopic (exact) mass is 216 g/mol. The molecule has 3 heteroatoms. The molecule has 1 heterocycles. The summed E-state index contributed by atoms with van der Waals surface area (Å²) in [6, 6.07) is 12.3. The van der Waals surface area contributed by atoms with E-state index in [-0.39, 0.29) is 11.9 Å². The Morgan fingerprint density at radius 1 is 1.19 bits per heavy atom. The number of hydrogen-bond donors (Lipinski definition) is 1. The first-order valence-electron chi connectivity index (χ1n) is 5.19. The minimum absolute atomic E-state index is 0.0330. The molecule has 0 saturated carbocycles. The van der Waals surface area contributed by atoms with Crippen LogP contribution in [0, 0.1) is 5.82 Å². The van der Waals surface area contributed by atoms with Crippen molar-refractivity contribution in [2.45, 2.75) is 13.0 Å². The van der Waals surface area contributed by atoms with E-state index < -0.39 is 0 Å². The minimum atomic E-state index is -0.216. The summed E-state index contributed by atoms with van der Waals surface area (Å²) in [6.45, 7) is 1.98. The molecule has 0 aliphatic rings. The maximum atomic E-state index is 13.0. The number of hydrogen-bond acceptors (Lipinski definition) is 2. The van der Waals surface area contributed by atoms with Gasteiger partial charge in [0.2, 0.25) is 0 Å². The second-order valence-corrected chi connectivity index (χ2v) is 3.64. The van der Waals surface area contributed by atoms with Crippen LogP contribution in [0.4, 0.5) is 10.2 Å². The van der Waals surface area contributed by atoms with E-state index in [9.17, 15) is 4.39 Å². The van der Waals surface area contributed by atoms with Crippen molar-refractivity contribution in [2.75, 3.05) is 5.32 Å². The zero-order valence-corrected chi connectivity index (χ0v) is 9.02. The van der Waals surface area contributed by atoms with Crippen molar-refractivity contribution in [2.24, 2.45) is 0 Å². The van der Waals surface area contributed by atoms with Crippen molar-refractivity contribution in [1.82, 2.24) is 4.98 Å². The lowest BCUT2D eigenvalue weighted by Crippen LogP contribution is -2.07. The highest BCUT2D eigenvalue weighted by atomic mass is 19.1. The molecule has 2 rings (SSSR count). The predicted molar refractivity (Wildman–Crippen MR) is 62.7 cm³/mol. The van der Waals surface area contributed by atoms with Crippen LogP contribution < -0.4 is 5.32 Å². The summed E-state index contributed by atoms with van der Waals surface area (Å²) in [5, 5.41) is 3.21. The smallest absolute Gasteiger partial charge is 0.126 e. The van der Waals surface area contributed by atoms with Gasteiger partial charge in [-0.15, -0.1) is 0 Å². The summed E-state index contributed by atoms with van der Waals surface area (Å²) in [5.74, 6) is 0.575. The molecule has 1 atom stereocenters. The Morgan fingerprint density at radius 2 is 2.06 bits per heavy atom. The zero-order chi connectivity index (χ0) is 11.4. The van der Waals surface area contributed by atoms with E-state index in [4.69, 9.17) is 0 Å². The Morgan fingerprint density at radius 3 is 2.75 bits per heavy atom. The molecule has 0 aliphatic carbocycles. The van der Waals surface area contributed by atoms with Gasteiger partial charge >= 0.3 is 0 Å². The number of nitrogens with one attached hydrogen (secondary N) is 1. The van der Waals surface area contributed by atoms with Crippen LogP contribution in [-0.2, 0) is 0 Å². The van der Waals surface area contributed by atoms with Crippen molar-refractivity contribution >= 4 is 5.82 Å². The minimum Gasteiger partial charge on any atom is -0.364 e. The van der Waals surface area contributed by atoms with Crippen LogP contribution in [0.25, 0.3) is 0 Å². The van der Waals surface area contributed by atoms with Gasteiger partial charge in [-0.3, -0.25) is 0 Å². The maximum Gasteiger partial charge on any atom is 0.126 e. The molecule has 2 nitrogen and oxygen atoms in total. The van der Waals surface area contributed by atoms with E-state index in [1.54, 1.807) is 12.3 Å². The molecule has 2 aromatic rings. The summed E-state index contributed by atoms with van der Waals surface area (Å²) < 4.78 is 13.0. The van der Waals surface area contributed by atoms with Crippen LogP contribution in [0.1, 0.15) is 18.5 Å². The van der Waals surface area contributed by atoms with E-state index in [1.807, 2.05) is 31.2 Å². The Hall–Kier alpha value is -1.90. The highest BCUT2D eigenvalue weighted by Gasteiger charge is 2.05. The summed E-state index contributed by atoms with van der Waals surface area (Å²) in [5.41, 5.74) is 0.908. The van der Waals surface area contributed by atoms with Gasteiger partial charge in [-0.05, 0) is 36.8 Å². The lowest BCUT2D eigenvalue weighted by Gasteiger charge is -2.14. The number of anilines is 1. The summed E-state index contributed by atoms with van der Waals surface area (Å²) >= 11 is 0. The fraction of sp³-hybridized carbons (Fsp3) is 0.154. The van der Waals surface area contributed by atoms with Crippen molar-refractivity contribution in [3.8, 4) is 0 Å². The van der Waals surface area contributed by atoms with Crippen LogP contribution in [0.2, 0.25) is 0 Å². The maximum absolute atomic E-state index is 13.0. The molecule has 1 unspecified atom stereocenters. The first-order valence-corrected chi connectivity index (χ1v) is 5.19. The molecule has 0 fully saturated rings. The van der Waals surface area contributed by atoms with Gasteiger partial charge in [0.15, 0.2) is 0 Å². The zero-order valence-electron chi connectivity index (χ0n) is 9.02. The molecule has 0 radical (unpaired) electrons. The molecule has 0 amide bonds. The standard InChI is InChI=1S/C13H13FN2/c1-10(11-5-4-6-12(14)9-11)16-13-7-2-3-8-15-13/h2-10H,1H3,(H,15,16). The first kappa shape index (κ1) is 10.6. The number of pyridine rings is 1. The predicted octanol–water partition coefficient (Wildman–Crippen LogP) is 3.39. The number of rotatable bonds is 3. The van der Waals surface area contributed by atoms with Gasteiger partial charge in [-0.2, -0.15) is 0 Å². The van der Waals surface area contributed by atoms with Crippen molar-refractivity contribution in [3.63, 3.8) is 0 Å². The van der Waals surface area contributed by atoms with Gasteiger partial charge in [-0.25, -0.2) is 9.37 Å². The van der Waals surface area contributed by atoms with Gasteiger partial charge in [0.05, 0.1) is 6.04 Å². The van der Waals surface area contributed by atoms with E-state index in [1.165, 1.54) is 12.1 Å². The number of nitrogens with zero attached hydrogens (tertiary/aromatic N) is 1. The third-order valence-corrected chi connectivity index (χ3v) is 2.38. The quantitative estimate of drug-likeness (QED) is 0.850. The Bertz CT molecular complexity index is 456. The van der Waals surface area contributed by atoms with Crippen molar-refractivity contribution in [3.05, 3.63) is 60.0 Å². The number of aromatic nitrogens is 1. The third-order valence-electron chi connectivity index (χ3n) is 2.38. The van der Waals surface area contributed by atoms with Crippen LogP contribution in [-0.4, -0.2) is 4.98 Å². The normalized spacial score (nSPS) is 12.1. The SMILES string of the molecule is CC(Nc1ccccn1)c1cccc(F)c1. The molecular formula is C13H13FN2. The third kappa shape index (κ3) is 2.57. The van der Waals surface area contributed by atoms with Gasteiger partial charge in [0.1, 0.15) is 11.6 Å². The van der Waals surface area contributed by atoms with Crippen LogP contribution in [0.5, 0.6) is 0 Å². The van der Waals surface area contributed by atoms with Crippen molar-refractivity contribution < 1.29 is 4.39 Å². The van der Waals surface area contributed by atoms with E-state index >= 15 is 0 Å². The molecule has 0 aliphatic heterocycles. The number of halogens is 1. The topological polar surface area (TPSA) is 24.9 Å². The fourth-order valence-corrected chi connectivity index (χ4v) is 1.53. The summed E-state index contributed by atoms with van der Waals surface area (Å²) in [4.78, 5) is 4.16. The highest BCUT2D eigenvalue weighted by Crippen LogP contribution is 2.17. The summed E-state index contributed by atoms with van der Waals surface area (Å²) in [6.07, 6.45) is 1.72. The van der Waals surface area contributed by atoms with E-state index in [0.29, 0.717) is 0 Å². The second-order valence-electron chi connectivity index (χ2n) is 3.64. The van der Waals surface area contributed by atoms with E-state index in [2.05, 4.69) is 10.3 Å². The second kappa shape index (κ2) is 4.75. The Labute approximate surface area is 94.2 Å². The molecule has 1 aromatic heterocycles. The van der Waals surface area contributed by atoms with Gasteiger partial charge in [0, 0.05) is 6.20 Å². The number of benzene rings is 1. The molecule has 82 valence electrons. The average Bonchev–Trinajstić information content (AvgIpc) is 2.30. The van der Waals surface area contributed by atoms with Gasteiger partial charge < -0.3 is 5.32 Å². The van der Waals surface area contributed by atoms with Crippen LogP contribution >= 0.6 is 0 Å². The summed E-state index contributed by atoms with van der Waals surface area (Å²) in [7, 11) is 0. The largest absolute Gasteiger partial charge is 0.364 e. The van der Waals surface area contributed by atoms with E-state index in [0.717, 1.165) is 11.4 Å². The van der Waals surface area contributed by atoms with Crippen LogP contribution in [0.3, 0.4) is 0 Å². The Balaban J connectivity index is 2.12. The first-order chi connectivity index (χ1) is 7.75. The lowest BCUT2D eigenvalue weighted by atomic mass is 10.1. The average molecular weight is 216 g/mol. The molecule has 16 heavy (non-hydrogen) atoms.